The molecule has 1 aliphatic rings. The zero-order valence-electron chi connectivity index (χ0n) is 21.6. The second-order valence-electron chi connectivity index (χ2n) is 8.21. The summed E-state index contributed by atoms with van der Waals surface area (Å²) in [6, 6.07) is 6.75. The summed E-state index contributed by atoms with van der Waals surface area (Å²) in [6.45, 7) is 1.14. The fourth-order valence-corrected chi connectivity index (χ4v) is 5.33. The minimum atomic E-state index is -3.43. The van der Waals surface area contributed by atoms with Crippen LogP contribution in [0.3, 0.4) is 0 Å². The van der Waals surface area contributed by atoms with Crippen LogP contribution in [-0.4, -0.2) is 45.6 Å². The Balaban J connectivity index is 1.76. The maximum atomic E-state index is 12.8. The van der Waals surface area contributed by atoms with Gasteiger partial charge in [-0.3, -0.25) is 4.79 Å². The van der Waals surface area contributed by atoms with Crippen LogP contribution in [0.5, 0.6) is 0 Å². The van der Waals surface area contributed by atoms with E-state index in [4.69, 9.17) is 4.11 Å². The molecule has 0 spiro atoms. The second-order valence-corrected chi connectivity index (χ2v) is 10.5. The van der Waals surface area contributed by atoms with Crippen LogP contribution in [0.25, 0.3) is 0 Å². The maximum absolute atomic E-state index is 12.8. The highest BCUT2D eigenvalue weighted by Gasteiger charge is 2.55. The molecule has 3 aromatic heterocycles. The van der Waals surface area contributed by atoms with E-state index >= 15 is 0 Å². The molecule has 33 heavy (non-hydrogen) atoms. The van der Waals surface area contributed by atoms with Crippen molar-refractivity contribution in [2.45, 2.75) is 51.1 Å². The standard InChI is InChI=1S/C23H26N6O3S/c1-5-20(30)21-19(13-17(28-29-21)12-16-11-14(2)25-15(3)26-16)27-22-18(7-6-10-24-22)23(8-9-23)33(4,31)32/h6-7,10-11,13H,5,8-9,12H2,1-4H3,(H,24,27,28)/i1D3. The van der Waals surface area contributed by atoms with Crippen molar-refractivity contribution < 1.29 is 17.3 Å². The van der Waals surface area contributed by atoms with Crippen molar-refractivity contribution in [2.75, 3.05) is 11.6 Å². The minimum Gasteiger partial charge on any atom is -0.338 e. The lowest BCUT2D eigenvalue weighted by Crippen LogP contribution is -2.21. The number of aryl methyl sites for hydroxylation is 2. The van der Waals surface area contributed by atoms with Crippen LogP contribution in [-0.2, 0) is 21.0 Å². The molecule has 3 heterocycles. The number of Topliss-reactive ketones (excluding diaryl/α,β-unsaturated/α-hetero) is 1. The summed E-state index contributed by atoms with van der Waals surface area (Å²) in [7, 11) is -3.43. The smallest absolute Gasteiger partial charge is 0.184 e. The minimum absolute atomic E-state index is 0.161. The third kappa shape index (κ3) is 4.61. The number of pyridine rings is 1. The number of nitrogens with zero attached hydrogens (tertiary/aromatic N) is 5. The van der Waals surface area contributed by atoms with Gasteiger partial charge in [-0.15, -0.1) is 5.10 Å². The van der Waals surface area contributed by atoms with Crippen LogP contribution < -0.4 is 5.32 Å². The van der Waals surface area contributed by atoms with Crippen LogP contribution in [0.4, 0.5) is 11.5 Å². The number of aromatic nitrogens is 5. The average molecular weight is 470 g/mol. The predicted octanol–water partition coefficient (Wildman–Crippen LogP) is 3.24. The first-order valence-corrected chi connectivity index (χ1v) is 12.3. The molecule has 4 rings (SSSR count). The number of carbonyl (C=O) groups is 1. The Labute approximate surface area is 197 Å². The SMILES string of the molecule is [2H]C([2H])([2H])CC(=O)c1nnc(Cc2cc(C)nc(C)n2)cc1Nc1ncccc1C1(S(C)(=O)=O)CC1. The van der Waals surface area contributed by atoms with Crippen molar-refractivity contribution in [3.05, 3.63) is 64.6 Å². The summed E-state index contributed by atoms with van der Waals surface area (Å²) >= 11 is 0. The van der Waals surface area contributed by atoms with Crippen molar-refractivity contribution >= 4 is 27.1 Å². The Morgan fingerprint density at radius 1 is 1.18 bits per heavy atom. The zero-order chi connectivity index (χ0) is 26.3. The van der Waals surface area contributed by atoms with Gasteiger partial charge in [0.2, 0.25) is 0 Å². The van der Waals surface area contributed by atoms with Crippen LogP contribution in [0, 0.1) is 13.8 Å². The van der Waals surface area contributed by atoms with Gasteiger partial charge in [-0.2, -0.15) is 5.10 Å². The number of anilines is 2. The van der Waals surface area contributed by atoms with Gasteiger partial charge in [0.1, 0.15) is 16.4 Å². The quantitative estimate of drug-likeness (QED) is 0.494. The molecule has 1 saturated carbocycles. The van der Waals surface area contributed by atoms with E-state index < -0.39 is 33.6 Å². The number of nitrogens with one attached hydrogen (secondary N) is 1. The fraction of sp³-hybridized carbons (Fsp3) is 0.391. The van der Waals surface area contributed by atoms with E-state index in [0.717, 1.165) is 5.69 Å². The number of hydrogen-bond donors (Lipinski definition) is 1. The van der Waals surface area contributed by atoms with Gasteiger partial charge < -0.3 is 5.32 Å². The van der Waals surface area contributed by atoms with Gasteiger partial charge >= 0.3 is 0 Å². The summed E-state index contributed by atoms with van der Waals surface area (Å²) in [5.74, 6) is 0.150. The van der Waals surface area contributed by atoms with E-state index in [1.165, 1.54) is 12.5 Å². The molecule has 1 aliphatic carbocycles. The molecule has 1 N–H and O–H groups in total. The fourth-order valence-electron chi connectivity index (χ4n) is 3.93. The van der Waals surface area contributed by atoms with Crippen LogP contribution in [0.1, 0.15) is 69.2 Å². The number of hydrogen-bond acceptors (Lipinski definition) is 9. The first-order valence-electron chi connectivity index (χ1n) is 11.9. The number of ketones is 1. The Morgan fingerprint density at radius 3 is 2.64 bits per heavy atom. The Kier molecular flexibility index (Phi) is 5.00. The highest BCUT2D eigenvalue weighted by atomic mass is 32.2. The summed E-state index contributed by atoms with van der Waals surface area (Å²) in [6.07, 6.45) is 3.20. The third-order valence-electron chi connectivity index (χ3n) is 5.62. The first kappa shape index (κ1) is 19.2. The number of sulfone groups is 1. The molecule has 0 aliphatic heterocycles. The Morgan fingerprint density at radius 2 is 1.97 bits per heavy atom. The van der Waals surface area contributed by atoms with Crippen molar-refractivity contribution in [2.24, 2.45) is 0 Å². The van der Waals surface area contributed by atoms with E-state index in [0.29, 0.717) is 42.0 Å². The van der Waals surface area contributed by atoms with E-state index in [1.54, 1.807) is 25.1 Å². The lowest BCUT2D eigenvalue weighted by atomic mass is 10.1. The second kappa shape index (κ2) is 8.58. The van der Waals surface area contributed by atoms with E-state index in [2.05, 4.69) is 30.5 Å². The van der Waals surface area contributed by atoms with E-state index in [-0.39, 0.29) is 17.2 Å². The maximum Gasteiger partial charge on any atom is 0.184 e. The molecule has 10 heteroatoms. The number of carbonyl (C=O) groups excluding carboxylic acids is 1. The summed E-state index contributed by atoms with van der Waals surface area (Å²) in [5.41, 5.74) is 2.49. The molecule has 0 aromatic carbocycles. The van der Waals surface area contributed by atoms with Gasteiger partial charge in [-0.05, 0) is 44.9 Å². The van der Waals surface area contributed by atoms with Gasteiger partial charge in [0, 0.05) is 40.7 Å². The number of rotatable bonds is 8. The highest BCUT2D eigenvalue weighted by Crippen LogP contribution is 2.54. The molecule has 0 saturated heterocycles. The average Bonchev–Trinajstić information content (AvgIpc) is 3.54. The Hall–Kier alpha value is -3.27. The van der Waals surface area contributed by atoms with Crippen molar-refractivity contribution in [1.82, 2.24) is 25.1 Å². The lowest BCUT2D eigenvalue weighted by molar-refractivity contribution is 0.0983. The molecular formula is C23H26N6O3S. The van der Waals surface area contributed by atoms with Gasteiger partial charge in [0.05, 0.1) is 17.1 Å². The van der Waals surface area contributed by atoms with Crippen LogP contribution in [0.15, 0.2) is 30.5 Å². The van der Waals surface area contributed by atoms with Gasteiger partial charge in [-0.1, -0.05) is 12.9 Å². The highest BCUT2D eigenvalue weighted by molar-refractivity contribution is 7.92. The molecule has 0 atom stereocenters. The molecule has 172 valence electrons. The van der Waals surface area contributed by atoms with Crippen LogP contribution in [0.2, 0.25) is 0 Å². The van der Waals surface area contributed by atoms with Crippen LogP contribution >= 0.6 is 0 Å². The van der Waals surface area contributed by atoms with Crippen molar-refractivity contribution in [1.29, 1.82) is 0 Å². The predicted molar refractivity (Wildman–Crippen MR) is 124 cm³/mol. The van der Waals surface area contributed by atoms with Gasteiger partial charge in [0.15, 0.2) is 21.3 Å². The largest absolute Gasteiger partial charge is 0.338 e. The van der Waals surface area contributed by atoms with Gasteiger partial charge in [0.25, 0.3) is 0 Å². The first-order chi connectivity index (χ1) is 16.8. The molecule has 0 radical (unpaired) electrons. The van der Waals surface area contributed by atoms with E-state index in [9.17, 15) is 13.2 Å². The zero-order valence-corrected chi connectivity index (χ0v) is 19.4. The Bertz CT molecular complexity index is 1420. The topological polar surface area (TPSA) is 128 Å². The van der Waals surface area contributed by atoms with Crippen molar-refractivity contribution in [3.63, 3.8) is 0 Å². The van der Waals surface area contributed by atoms with Crippen molar-refractivity contribution in [3.8, 4) is 0 Å². The summed E-state index contributed by atoms with van der Waals surface area (Å²) < 4.78 is 46.5. The normalized spacial score (nSPS) is 16.4. The molecule has 0 unspecified atom stereocenters. The molecular weight excluding hydrogens is 440 g/mol. The monoisotopic (exact) mass is 469 g/mol. The molecule has 9 nitrogen and oxygen atoms in total. The molecule has 0 bridgehead atoms. The summed E-state index contributed by atoms with van der Waals surface area (Å²) in [5, 5.41) is 11.3. The molecule has 3 aromatic rings. The third-order valence-corrected chi connectivity index (χ3v) is 7.66. The lowest BCUT2D eigenvalue weighted by Gasteiger charge is -2.19. The summed E-state index contributed by atoms with van der Waals surface area (Å²) in [4.78, 5) is 25.9. The molecule has 1 fully saturated rings. The van der Waals surface area contributed by atoms with E-state index in [1.807, 2.05) is 13.0 Å². The molecule has 0 amide bonds. The van der Waals surface area contributed by atoms with Gasteiger partial charge in [-0.25, -0.2) is 23.4 Å².